The van der Waals surface area contributed by atoms with Gasteiger partial charge in [0.1, 0.15) is 11.4 Å². The summed E-state index contributed by atoms with van der Waals surface area (Å²) in [5, 5.41) is 11.2. The standard InChI is InChI=1S/C17H17ClN4/c18-13-5-3-4-12(8-13)9-20-16-17(10-19-11-17)22-15-7-2-1-6-14(15)21-16/h1-8,19,22H,9-11H2,(H,20,21). The first-order valence-corrected chi connectivity index (χ1v) is 7.78. The second-order valence-electron chi connectivity index (χ2n) is 5.77. The number of rotatable bonds is 2. The number of para-hydroxylation sites is 2. The van der Waals surface area contributed by atoms with E-state index < -0.39 is 0 Å². The van der Waals surface area contributed by atoms with Crippen LogP contribution in [0.3, 0.4) is 0 Å². The van der Waals surface area contributed by atoms with Crippen LogP contribution in [0.5, 0.6) is 0 Å². The lowest BCUT2D eigenvalue weighted by atomic mass is 9.88. The average molecular weight is 313 g/mol. The van der Waals surface area contributed by atoms with E-state index in [1.54, 1.807) is 0 Å². The van der Waals surface area contributed by atoms with Crippen molar-refractivity contribution in [3.05, 3.63) is 59.1 Å². The quantitative estimate of drug-likeness (QED) is 0.799. The molecule has 0 unspecified atom stereocenters. The third-order valence-corrected chi connectivity index (χ3v) is 4.40. The summed E-state index contributed by atoms with van der Waals surface area (Å²) in [5.41, 5.74) is 3.11. The Balaban J connectivity index is 1.60. The van der Waals surface area contributed by atoms with Gasteiger partial charge in [0.15, 0.2) is 0 Å². The second kappa shape index (κ2) is 5.30. The van der Waals surface area contributed by atoms with Crippen LogP contribution in [0, 0.1) is 0 Å². The molecule has 0 amide bonds. The molecule has 2 aromatic rings. The predicted molar refractivity (Wildman–Crippen MR) is 91.1 cm³/mol. The molecule has 3 N–H and O–H groups in total. The molecule has 1 saturated heterocycles. The third-order valence-electron chi connectivity index (χ3n) is 4.17. The number of hydrogen-bond acceptors (Lipinski definition) is 4. The van der Waals surface area contributed by atoms with Crippen molar-refractivity contribution in [3.8, 4) is 0 Å². The SMILES string of the molecule is Clc1cccc(CNC2=Nc3ccccc3NC23CNC3)c1. The van der Waals surface area contributed by atoms with Crippen LogP contribution in [0.15, 0.2) is 53.5 Å². The Labute approximate surface area is 134 Å². The van der Waals surface area contributed by atoms with Crippen molar-refractivity contribution in [1.29, 1.82) is 0 Å². The van der Waals surface area contributed by atoms with Crippen molar-refractivity contribution < 1.29 is 0 Å². The van der Waals surface area contributed by atoms with Crippen molar-refractivity contribution in [3.63, 3.8) is 0 Å². The van der Waals surface area contributed by atoms with Crippen molar-refractivity contribution in [2.75, 3.05) is 18.4 Å². The minimum atomic E-state index is -0.118. The highest BCUT2D eigenvalue weighted by Crippen LogP contribution is 2.34. The number of nitrogens with zero attached hydrogens (tertiary/aromatic N) is 1. The minimum Gasteiger partial charge on any atom is -0.369 e. The van der Waals surface area contributed by atoms with Gasteiger partial charge < -0.3 is 16.0 Å². The van der Waals surface area contributed by atoms with Crippen LogP contribution in [0.2, 0.25) is 5.02 Å². The molecule has 0 aliphatic carbocycles. The molecular weight excluding hydrogens is 296 g/mol. The molecule has 2 aliphatic heterocycles. The van der Waals surface area contributed by atoms with Crippen LogP contribution in [0.25, 0.3) is 0 Å². The van der Waals surface area contributed by atoms with E-state index in [9.17, 15) is 0 Å². The van der Waals surface area contributed by atoms with Crippen LogP contribution in [-0.4, -0.2) is 24.5 Å². The Morgan fingerprint density at radius 2 is 2.00 bits per heavy atom. The Morgan fingerprint density at radius 1 is 1.14 bits per heavy atom. The maximum atomic E-state index is 6.05. The van der Waals surface area contributed by atoms with Crippen molar-refractivity contribution in [1.82, 2.24) is 10.6 Å². The fourth-order valence-corrected chi connectivity index (χ4v) is 3.11. The topological polar surface area (TPSA) is 48.5 Å². The van der Waals surface area contributed by atoms with Crippen LogP contribution in [0.1, 0.15) is 5.56 Å². The molecule has 22 heavy (non-hydrogen) atoms. The molecule has 2 aromatic carbocycles. The number of benzene rings is 2. The van der Waals surface area contributed by atoms with Gasteiger partial charge in [0.25, 0.3) is 0 Å². The number of hydrogen-bond donors (Lipinski definition) is 3. The Morgan fingerprint density at radius 3 is 2.77 bits per heavy atom. The van der Waals surface area contributed by atoms with Crippen LogP contribution in [0.4, 0.5) is 11.4 Å². The summed E-state index contributed by atoms with van der Waals surface area (Å²) in [5.74, 6) is 0.991. The second-order valence-corrected chi connectivity index (χ2v) is 6.21. The zero-order chi connectivity index (χ0) is 15.0. The largest absolute Gasteiger partial charge is 0.369 e. The molecule has 5 heteroatoms. The molecule has 1 spiro atoms. The van der Waals surface area contributed by atoms with Gasteiger partial charge in [-0.3, -0.25) is 0 Å². The summed E-state index contributed by atoms with van der Waals surface area (Å²) in [6, 6.07) is 16.0. The summed E-state index contributed by atoms with van der Waals surface area (Å²) < 4.78 is 0. The van der Waals surface area contributed by atoms with Crippen LogP contribution < -0.4 is 16.0 Å². The highest BCUT2D eigenvalue weighted by molar-refractivity contribution is 6.30. The molecule has 4 nitrogen and oxygen atoms in total. The molecule has 2 aliphatic rings. The Hall–Kier alpha value is -2.04. The monoisotopic (exact) mass is 312 g/mol. The van der Waals surface area contributed by atoms with Crippen LogP contribution >= 0.6 is 11.6 Å². The van der Waals surface area contributed by atoms with E-state index in [1.807, 2.05) is 36.4 Å². The highest BCUT2D eigenvalue weighted by Gasteiger charge is 2.44. The van der Waals surface area contributed by atoms with Crippen molar-refractivity contribution >= 4 is 28.8 Å². The van der Waals surface area contributed by atoms with E-state index >= 15 is 0 Å². The van der Waals surface area contributed by atoms with E-state index in [0.717, 1.165) is 40.9 Å². The Kier molecular flexibility index (Phi) is 3.28. The smallest absolute Gasteiger partial charge is 0.131 e. The number of nitrogens with one attached hydrogen (secondary N) is 3. The van der Waals surface area contributed by atoms with Crippen molar-refractivity contribution in [2.45, 2.75) is 12.1 Å². The van der Waals surface area contributed by atoms with E-state index in [4.69, 9.17) is 16.6 Å². The molecule has 1 fully saturated rings. The zero-order valence-corrected chi connectivity index (χ0v) is 12.8. The molecular formula is C17H17ClN4. The zero-order valence-electron chi connectivity index (χ0n) is 12.1. The maximum Gasteiger partial charge on any atom is 0.131 e. The molecule has 0 saturated carbocycles. The molecule has 0 bridgehead atoms. The van der Waals surface area contributed by atoms with Crippen molar-refractivity contribution in [2.24, 2.45) is 4.99 Å². The molecule has 112 valence electrons. The van der Waals surface area contributed by atoms with Gasteiger partial charge in [0.05, 0.1) is 11.4 Å². The molecule has 2 heterocycles. The van der Waals surface area contributed by atoms with E-state index in [0.29, 0.717) is 6.54 Å². The number of anilines is 1. The maximum absolute atomic E-state index is 6.05. The van der Waals surface area contributed by atoms with Gasteiger partial charge in [-0.2, -0.15) is 0 Å². The van der Waals surface area contributed by atoms with E-state index in [2.05, 4.69) is 28.1 Å². The fourth-order valence-electron chi connectivity index (χ4n) is 2.89. The number of fused-ring (bicyclic) bond motifs is 1. The van der Waals surface area contributed by atoms with Gasteiger partial charge in [-0.25, -0.2) is 4.99 Å². The fraction of sp³-hybridized carbons (Fsp3) is 0.235. The molecule has 0 atom stereocenters. The van der Waals surface area contributed by atoms with Gasteiger partial charge in [0, 0.05) is 24.7 Å². The van der Waals surface area contributed by atoms with Gasteiger partial charge in [-0.15, -0.1) is 0 Å². The Bertz CT molecular complexity index is 737. The minimum absolute atomic E-state index is 0.118. The summed E-state index contributed by atoms with van der Waals surface area (Å²) in [6.45, 7) is 2.47. The lowest BCUT2D eigenvalue weighted by Gasteiger charge is -2.46. The summed E-state index contributed by atoms with van der Waals surface area (Å²) in [7, 11) is 0. The van der Waals surface area contributed by atoms with Gasteiger partial charge in [-0.1, -0.05) is 35.9 Å². The summed E-state index contributed by atoms with van der Waals surface area (Å²) in [4.78, 5) is 4.83. The van der Waals surface area contributed by atoms with Crippen LogP contribution in [-0.2, 0) is 6.54 Å². The molecule has 4 rings (SSSR count). The first-order valence-electron chi connectivity index (χ1n) is 7.41. The first-order chi connectivity index (χ1) is 10.8. The highest BCUT2D eigenvalue weighted by atomic mass is 35.5. The predicted octanol–water partition coefficient (Wildman–Crippen LogP) is 2.93. The number of halogens is 1. The summed E-state index contributed by atoms with van der Waals surface area (Å²) >= 11 is 6.05. The lowest BCUT2D eigenvalue weighted by molar-refractivity contribution is 0.392. The normalized spacial score (nSPS) is 18.0. The van der Waals surface area contributed by atoms with E-state index in [1.165, 1.54) is 0 Å². The third kappa shape index (κ3) is 2.34. The molecule has 0 radical (unpaired) electrons. The molecule has 0 aromatic heterocycles. The summed E-state index contributed by atoms with van der Waals surface area (Å²) in [6.07, 6.45) is 0. The first kappa shape index (κ1) is 13.6. The van der Waals surface area contributed by atoms with E-state index in [-0.39, 0.29) is 5.54 Å². The number of amidine groups is 1. The van der Waals surface area contributed by atoms with Gasteiger partial charge in [0.2, 0.25) is 0 Å². The van der Waals surface area contributed by atoms with Gasteiger partial charge >= 0.3 is 0 Å². The lowest BCUT2D eigenvalue weighted by Crippen LogP contribution is -2.72. The number of aliphatic imine (C=N–C) groups is 1. The van der Waals surface area contributed by atoms with Gasteiger partial charge in [-0.05, 0) is 29.8 Å². The average Bonchev–Trinajstić information content (AvgIpc) is 2.50.